The molecule has 1 amide bonds. The Balaban J connectivity index is 1.65. The van der Waals surface area contributed by atoms with Crippen molar-refractivity contribution in [2.24, 2.45) is 5.92 Å². The summed E-state index contributed by atoms with van der Waals surface area (Å²) in [5.41, 5.74) is 1.56. The first-order chi connectivity index (χ1) is 12.1. The van der Waals surface area contributed by atoms with Gasteiger partial charge in [-0.25, -0.2) is 0 Å². The summed E-state index contributed by atoms with van der Waals surface area (Å²) < 4.78 is 7.19. The summed E-state index contributed by atoms with van der Waals surface area (Å²) in [6.45, 7) is 1.92. The van der Waals surface area contributed by atoms with E-state index < -0.39 is 0 Å². The number of likely N-dealkylation sites (tertiary alicyclic amines) is 1. The van der Waals surface area contributed by atoms with Crippen molar-refractivity contribution in [2.45, 2.75) is 18.9 Å². The number of rotatable bonds is 2. The lowest BCUT2D eigenvalue weighted by molar-refractivity contribution is 0.0591. The molecule has 0 spiro atoms. The third kappa shape index (κ3) is 2.82. The Morgan fingerprint density at radius 3 is 2.84 bits per heavy atom. The molecule has 2 aliphatic heterocycles. The molecule has 1 aromatic carbocycles. The van der Waals surface area contributed by atoms with Crippen LogP contribution in [0.4, 0.5) is 0 Å². The second-order valence-electron chi connectivity index (χ2n) is 6.75. The zero-order valence-corrected chi connectivity index (χ0v) is 14.7. The van der Waals surface area contributed by atoms with Crippen LogP contribution in [0, 0.1) is 5.92 Å². The first-order valence-corrected chi connectivity index (χ1v) is 8.77. The average Bonchev–Trinajstić information content (AvgIpc) is 2.62. The molecule has 130 valence electrons. The standard InChI is InChI=1S/C19H19ClN2O3/c1-25-17-6-5-14(20)8-15(17)19(24)21-9-12-7-13(11-21)16-3-2-4-18(23)22(16)10-12/h2-6,8,12-13H,7,9-11H2,1H3. The molecule has 6 heteroatoms. The minimum atomic E-state index is -0.0687. The second-order valence-corrected chi connectivity index (χ2v) is 7.19. The van der Waals surface area contributed by atoms with Gasteiger partial charge < -0.3 is 14.2 Å². The van der Waals surface area contributed by atoms with Crippen molar-refractivity contribution < 1.29 is 9.53 Å². The molecule has 1 aromatic heterocycles. The molecule has 0 saturated carbocycles. The van der Waals surface area contributed by atoms with E-state index in [0.29, 0.717) is 41.9 Å². The van der Waals surface area contributed by atoms with Gasteiger partial charge in [-0.2, -0.15) is 0 Å². The number of amides is 1. The van der Waals surface area contributed by atoms with Crippen molar-refractivity contribution in [3.8, 4) is 5.75 Å². The van der Waals surface area contributed by atoms with Crippen LogP contribution >= 0.6 is 11.6 Å². The molecule has 2 aliphatic rings. The number of methoxy groups -OCH3 is 1. The first kappa shape index (κ1) is 16.2. The van der Waals surface area contributed by atoms with Crippen LogP contribution < -0.4 is 10.3 Å². The highest BCUT2D eigenvalue weighted by atomic mass is 35.5. The zero-order chi connectivity index (χ0) is 17.6. The van der Waals surface area contributed by atoms with E-state index in [1.807, 2.05) is 15.5 Å². The molecular formula is C19H19ClN2O3. The van der Waals surface area contributed by atoms with E-state index in [1.54, 1.807) is 37.4 Å². The van der Waals surface area contributed by atoms with Crippen LogP contribution in [0.25, 0.3) is 0 Å². The Labute approximate surface area is 150 Å². The van der Waals surface area contributed by atoms with Crippen molar-refractivity contribution in [2.75, 3.05) is 20.2 Å². The van der Waals surface area contributed by atoms with Crippen LogP contribution in [0.5, 0.6) is 5.75 Å². The van der Waals surface area contributed by atoms with Gasteiger partial charge >= 0.3 is 0 Å². The lowest BCUT2D eigenvalue weighted by atomic mass is 9.83. The summed E-state index contributed by atoms with van der Waals surface area (Å²) in [7, 11) is 1.55. The SMILES string of the molecule is COc1ccc(Cl)cc1C(=O)N1CC2CC(C1)c1cccc(=O)n1C2. The summed E-state index contributed by atoms with van der Waals surface area (Å²) in [6.07, 6.45) is 1.01. The van der Waals surface area contributed by atoms with E-state index in [-0.39, 0.29) is 17.4 Å². The van der Waals surface area contributed by atoms with E-state index in [9.17, 15) is 9.59 Å². The fraction of sp³-hybridized carbons (Fsp3) is 0.368. The third-order valence-corrected chi connectivity index (χ3v) is 5.39. The molecule has 2 aromatic rings. The van der Waals surface area contributed by atoms with E-state index in [0.717, 1.165) is 12.1 Å². The number of pyridine rings is 1. The molecule has 2 unspecified atom stereocenters. The van der Waals surface area contributed by atoms with Crippen LogP contribution in [0.3, 0.4) is 0 Å². The topological polar surface area (TPSA) is 51.5 Å². The number of nitrogens with zero attached hydrogens (tertiary/aromatic N) is 2. The van der Waals surface area contributed by atoms with Crippen LogP contribution in [0.15, 0.2) is 41.2 Å². The summed E-state index contributed by atoms with van der Waals surface area (Å²) in [5.74, 6) is 0.943. The Morgan fingerprint density at radius 1 is 1.20 bits per heavy atom. The molecule has 1 fully saturated rings. The van der Waals surface area contributed by atoms with Crippen LogP contribution in [-0.2, 0) is 6.54 Å². The maximum atomic E-state index is 13.1. The van der Waals surface area contributed by atoms with Gasteiger partial charge in [-0.05, 0) is 36.6 Å². The van der Waals surface area contributed by atoms with Gasteiger partial charge in [0.05, 0.1) is 12.7 Å². The van der Waals surface area contributed by atoms with Gasteiger partial charge in [0.2, 0.25) is 0 Å². The number of halogens is 1. The predicted octanol–water partition coefficient (Wildman–Crippen LogP) is 2.77. The molecule has 2 bridgehead atoms. The zero-order valence-electron chi connectivity index (χ0n) is 13.9. The van der Waals surface area contributed by atoms with Gasteiger partial charge in [-0.15, -0.1) is 0 Å². The average molecular weight is 359 g/mol. The molecular weight excluding hydrogens is 340 g/mol. The number of hydrogen-bond donors (Lipinski definition) is 0. The number of ether oxygens (including phenoxy) is 1. The Hall–Kier alpha value is -2.27. The third-order valence-electron chi connectivity index (χ3n) is 5.16. The van der Waals surface area contributed by atoms with Gasteiger partial charge in [-0.1, -0.05) is 17.7 Å². The highest BCUT2D eigenvalue weighted by Gasteiger charge is 2.37. The largest absolute Gasteiger partial charge is 0.496 e. The molecule has 4 rings (SSSR count). The van der Waals surface area contributed by atoms with Crippen molar-refractivity contribution >= 4 is 17.5 Å². The first-order valence-electron chi connectivity index (χ1n) is 8.39. The lowest BCUT2D eigenvalue weighted by Gasteiger charge is -2.42. The quantitative estimate of drug-likeness (QED) is 0.829. The molecule has 3 heterocycles. The molecule has 0 aliphatic carbocycles. The number of piperidine rings is 1. The van der Waals surface area contributed by atoms with Crippen molar-refractivity contribution in [1.82, 2.24) is 9.47 Å². The minimum Gasteiger partial charge on any atom is -0.496 e. The molecule has 0 N–H and O–H groups in total. The summed E-state index contributed by atoms with van der Waals surface area (Å²) in [6, 6.07) is 10.5. The van der Waals surface area contributed by atoms with Crippen molar-refractivity contribution in [3.63, 3.8) is 0 Å². The van der Waals surface area contributed by atoms with Gasteiger partial charge in [0.25, 0.3) is 11.5 Å². The fourth-order valence-electron chi connectivity index (χ4n) is 4.08. The number of aromatic nitrogens is 1. The van der Waals surface area contributed by atoms with E-state index in [2.05, 4.69) is 0 Å². The lowest BCUT2D eigenvalue weighted by Crippen LogP contribution is -2.49. The Kier molecular flexibility index (Phi) is 4.04. The van der Waals surface area contributed by atoms with E-state index in [1.165, 1.54) is 0 Å². The second kappa shape index (κ2) is 6.23. The highest BCUT2D eigenvalue weighted by molar-refractivity contribution is 6.31. The normalized spacial score (nSPS) is 21.6. The monoisotopic (exact) mass is 358 g/mol. The molecule has 2 atom stereocenters. The van der Waals surface area contributed by atoms with Crippen LogP contribution in [-0.4, -0.2) is 35.6 Å². The van der Waals surface area contributed by atoms with Gasteiger partial charge in [0, 0.05) is 42.3 Å². The number of hydrogen-bond acceptors (Lipinski definition) is 3. The summed E-state index contributed by atoms with van der Waals surface area (Å²) in [4.78, 5) is 27.0. The van der Waals surface area contributed by atoms with Crippen LogP contribution in [0.1, 0.15) is 28.4 Å². The van der Waals surface area contributed by atoms with Crippen LogP contribution in [0.2, 0.25) is 5.02 Å². The molecule has 25 heavy (non-hydrogen) atoms. The smallest absolute Gasteiger partial charge is 0.257 e. The maximum absolute atomic E-state index is 13.1. The predicted molar refractivity (Wildman–Crippen MR) is 95.5 cm³/mol. The summed E-state index contributed by atoms with van der Waals surface area (Å²) >= 11 is 6.07. The minimum absolute atomic E-state index is 0.0449. The Bertz CT molecular complexity index is 892. The molecule has 0 radical (unpaired) electrons. The van der Waals surface area contributed by atoms with Gasteiger partial charge in [0.1, 0.15) is 5.75 Å². The van der Waals surface area contributed by atoms with E-state index in [4.69, 9.17) is 16.3 Å². The van der Waals surface area contributed by atoms with Gasteiger partial charge in [-0.3, -0.25) is 9.59 Å². The number of carbonyl (C=O) groups is 1. The molecule has 5 nitrogen and oxygen atoms in total. The Morgan fingerprint density at radius 2 is 2.04 bits per heavy atom. The highest BCUT2D eigenvalue weighted by Crippen LogP contribution is 2.36. The number of fused-ring (bicyclic) bond motifs is 4. The number of carbonyl (C=O) groups excluding carboxylic acids is 1. The fourth-order valence-corrected chi connectivity index (χ4v) is 4.25. The summed E-state index contributed by atoms with van der Waals surface area (Å²) in [5, 5.41) is 0.512. The molecule has 1 saturated heterocycles. The number of benzene rings is 1. The maximum Gasteiger partial charge on any atom is 0.257 e. The van der Waals surface area contributed by atoms with Crippen molar-refractivity contribution in [1.29, 1.82) is 0 Å². The van der Waals surface area contributed by atoms with Crippen molar-refractivity contribution in [3.05, 3.63) is 63.0 Å². The van der Waals surface area contributed by atoms with E-state index >= 15 is 0 Å². The van der Waals surface area contributed by atoms with Gasteiger partial charge in [0.15, 0.2) is 0 Å².